The van der Waals surface area contributed by atoms with Crippen LogP contribution in [0.5, 0.6) is 0 Å². The van der Waals surface area contributed by atoms with Crippen molar-refractivity contribution >= 4 is 17.5 Å². The summed E-state index contributed by atoms with van der Waals surface area (Å²) < 4.78 is 38.0. The summed E-state index contributed by atoms with van der Waals surface area (Å²) >= 11 is 0. The van der Waals surface area contributed by atoms with Crippen molar-refractivity contribution in [2.45, 2.75) is 25.1 Å². The number of halogens is 3. The Balaban J connectivity index is 2.16. The lowest BCUT2D eigenvalue weighted by atomic mass is 10.1. The molecule has 0 aliphatic carbocycles. The molecule has 1 atom stereocenters. The van der Waals surface area contributed by atoms with Gasteiger partial charge in [-0.3, -0.25) is 4.79 Å². The maximum absolute atomic E-state index is 12.7. The Morgan fingerprint density at radius 3 is 2.60 bits per heavy atom. The molecule has 6 nitrogen and oxygen atoms in total. The molecule has 1 aromatic rings. The Morgan fingerprint density at radius 2 is 2.05 bits per heavy atom. The standard InChI is InChI=1S/C11H14F3N5O/c1-15-7-4-8(19-10(18-7)11(12,13)14)17-6-2-3-9(20)16-5-6/h4,6H,2-3,5H2,1H3,(H,16,20)(H2,15,17,18,19). The lowest BCUT2D eigenvalue weighted by Gasteiger charge is -2.24. The monoisotopic (exact) mass is 289 g/mol. The van der Waals surface area contributed by atoms with Crippen LogP contribution in [-0.2, 0) is 11.0 Å². The summed E-state index contributed by atoms with van der Waals surface area (Å²) in [5.74, 6) is -1.10. The Bertz CT molecular complexity index is 495. The molecule has 0 spiro atoms. The lowest BCUT2D eigenvalue weighted by Crippen LogP contribution is -2.42. The van der Waals surface area contributed by atoms with Gasteiger partial charge in [0.05, 0.1) is 0 Å². The topological polar surface area (TPSA) is 78.9 Å². The van der Waals surface area contributed by atoms with Crippen LogP contribution in [0, 0.1) is 0 Å². The summed E-state index contributed by atoms with van der Waals surface area (Å²) in [6.45, 7) is 0.360. The Kier molecular flexibility index (Phi) is 3.96. The molecule has 9 heteroatoms. The molecule has 0 bridgehead atoms. The van der Waals surface area contributed by atoms with Crippen molar-refractivity contribution in [3.05, 3.63) is 11.9 Å². The number of carbonyl (C=O) groups is 1. The molecule has 0 radical (unpaired) electrons. The van der Waals surface area contributed by atoms with Crippen molar-refractivity contribution in [3.63, 3.8) is 0 Å². The van der Waals surface area contributed by atoms with Gasteiger partial charge in [0, 0.05) is 32.1 Å². The van der Waals surface area contributed by atoms with Gasteiger partial charge in [-0.25, -0.2) is 9.97 Å². The van der Waals surface area contributed by atoms with E-state index in [0.29, 0.717) is 19.4 Å². The van der Waals surface area contributed by atoms with Gasteiger partial charge in [0.15, 0.2) is 0 Å². The van der Waals surface area contributed by atoms with Crippen molar-refractivity contribution in [1.29, 1.82) is 0 Å². The van der Waals surface area contributed by atoms with Gasteiger partial charge in [-0.2, -0.15) is 13.2 Å². The molecule has 3 N–H and O–H groups in total. The third kappa shape index (κ3) is 3.49. The van der Waals surface area contributed by atoms with E-state index in [1.807, 2.05) is 0 Å². The predicted octanol–water partition coefficient (Wildman–Crippen LogP) is 1.23. The molecule has 0 saturated carbocycles. The highest BCUT2D eigenvalue weighted by Crippen LogP contribution is 2.28. The summed E-state index contributed by atoms with van der Waals surface area (Å²) in [4.78, 5) is 17.9. The molecular formula is C11H14F3N5O. The van der Waals surface area contributed by atoms with Crippen molar-refractivity contribution in [2.75, 3.05) is 24.2 Å². The minimum absolute atomic E-state index is 0.0577. The first-order valence-electron chi connectivity index (χ1n) is 6.06. The Morgan fingerprint density at radius 1 is 1.35 bits per heavy atom. The zero-order valence-corrected chi connectivity index (χ0v) is 10.7. The van der Waals surface area contributed by atoms with Crippen LogP contribution in [0.1, 0.15) is 18.7 Å². The van der Waals surface area contributed by atoms with Crippen LogP contribution in [0.2, 0.25) is 0 Å². The van der Waals surface area contributed by atoms with Crippen LogP contribution in [0.3, 0.4) is 0 Å². The van der Waals surface area contributed by atoms with E-state index in [-0.39, 0.29) is 23.6 Å². The van der Waals surface area contributed by atoms with Gasteiger partial charge < -0.3 is 16.0 Å². The summed E-state index contributed by atoms with van der Waals surface area (Å²) in [5.41, 5.74) is 0. The van der Waals surface area contributed by atoms with E-state index in [1.165, 1.54) is 13.1 Å². The highest BCUT2D eigenvalue weighted by Gasteiger charge is 2.35. The minimum Gasteiger partial charge on any atom is -0.373 e. The highest BCUT2D eigenvalue weighted by atomic mass is 19.4. The number of hydrogen-bond acceptors (Lipinski definition) is 5. The summed E-state index contributed by atoms with van der Waals surface area (Å²) in [5, 5.41) is 8.09. The van der Waals surface area contributed by atoms with E-state index in [2.05, 4.69) is 25.9 Å². The molecule has 1 aliphatic heterocycles. The van der Waals surface area contributed by atoms with E-state index < -0.39 is 12.0 Å². The van der Waals surface area contributed by atoms with E-state index in [1.54, 1.807) is 0 Å². The van der Waals surface area contributed by atoms with Crippen LogP contribution in [0.4, 0.5) is 24.8 Å². The van der Waals surface area contributed by atoms with Gasteiger partial charge in [-0.1, -0.05) is 0 Å². The van der Waals surface area contributed by atoms with Crippen molar-refractivity contribution < 1.29 is 18.0 Å². The maximum Gasteiger partial charge on any atom is 0.451 e. The fourth-order valence-electron chi connectivity index (χ4n) is 1.84. The average Bonchev–Trinajstić information content (AvgIpc) is 2.40. The molecule has 2 heterocycles. The normalized spacial score (nSPS) is 19.4. The number of amides is 1. The van der Waals surface area contributed by atoms with Crippen LogP contribution >= 0.6 is 0 Å². The number of piperidine rings is 1. The Labute approximate surface area is 113 Å². The second-order valence-electron chi connectivity index (χ2n) is 4.39. The highest BCUT2D eigenvalue weighted by molar-refractivity contribution is 5.77. The van der Waals surface area contributed by atoms with Crippen LogP contribution < -0.4 is 16.0 Å². The van der Waals surface area contributed by atoms with Crippen molar-refractivity contribution in [1.82, 2.24) is 15.3 Å². The number of hydrogen-bond donors (Lipinski definition) is 3. The van der Waals surface area contributed by atoms with Gasteiger partial charge >= 0.3 is 6.18 Å². The van der Waals surface area contributed by atoms with Gasteiger partial charge in [0.2, 0.25) is 11.7 Å². The fourth-order valence-corrected chi connectivity index (χ4v) is 1.84. The summed E-state index contributed by atoms with van der Waals surface area (Å²) in [6.07, 6.45) is -3.72. The molecule has 20 heavy (non-hydrogen) atoms. The van der Waals surface area contributed by atoms with E-state index in [0.717, 1.165) is 0 Å². The number of rotatable bonds is 3. The lowest BCUT2D eigenvalue weighted by molar-refractivity contribution is -0.144. The van der Waals surface area contributed by atoms with Crippen LogP contribution in [0.15, 0.2) is 6.07 Å². The smallest absolute Gasteiger partial charge is 0.373 e. The molecule has 1 saturated heterocycles. The summed E-state index contributed by atoms with van der Waals surface area (Å²) in [6, 6.07) is 1.25. The quantitative estimate of drug-likeness (QED) is 0.780. The number of carbonyl (C=O) groups excluding carboxylic acids is 1. The van der Waals surface area contributed by atoms with Gasteiger partial charge in [-0.15, -0.1) is 0 Å². The molecule has 1 aliphatic rings. The molecule has 2 rings (SSSR count). The van der Waals surface area contributed by atoms with Crippen molar-refractivity contribution in [3.8, 4) is 0 Å². The number of alkyl halides is 3. The van der Waals surface area contributed by atoms with Crippen molar-refractivity contribution in [2.24, 2.45) is 0 Å². The van der Waals surface area contributed by atoms with E-state index in [4.69, 9.17) is 0 Å². The van der Waals surface area contributed by atoms with Gasteiger partial charge in [-0.05, 0) is 6.42 Å². The molecule has 1 fully saturated rings. The van der Waals surface area contributed by atoms with E-state index >= 15 is 0 Å². The molecular weight excluding hydrogens is 275 g/mol. The third-order valence-electron chi connectivity index (χ3n) is 2.85. The first-order chi connectivity index (χ1) is 9.38. The van der Waals surface area contributed by atoms with Crippen LogP contribution in [-0.4, -0.2) is 35.5 Å². The first-order valence-corrected chi connectivity index (χ1v) is 6.06. The third-order valence-corrected chi connectivity index (χ3v) is 2.85. The largest absolute Gasteiger partial charge is 0.451 e. The van der Waals surface area contributed by atoms with Gasteiger partial charge in [0.25, 0.3) is 0 Å². The predicted molar refractivity (Wildman–Crippen MR) is 66.2 cm³/mol. The maximum atomic E-state index is 12.7. The molecule has 1 amide bonds. The zero-order chi connectivity index (χ0) is 14.8. The van der Waals surface area contributed by atoms with Gasteiger partial charge in [0.1, 0.15) is 11.6 Å². The molecule has 1 unspecified atom stereocenters. The second-order valence-corrected chi connectivity index (χ2v) is 4.39. The molecule has 0 aromatic carbocycles. The summed E-state index contributed by atoms with van der Waals surface area (Å²) in [7, 11) is 1.48. The zero-order valence-electron chi connectivity index (χ0n) is 10.7. The van der Waals surface area contributed by atoms with Crippen LogP contribution in [0.25, 0.3) is 0 Å². The number of nitrogens with zero attached hydrogens (tertiary/aromatic N) is 2. The Hall–Kier alpha value is -2.06. The second kappa shape index (κ2) is 5.51. The molecule has 1 aromatic heterocycles. The molecule has 110 valence electrons. The number of anilines is 2. The average molecular weight is 289 g/mol. The number of nitrogens with one attached hydrogen (secondary N) is 3. The fraction of sp³-hybridized carbons (Fsp3) is 0.545. The first kappa shape index (κ1) is 14.4. The van der Waals surface area contributed by atoms with E-state index in [9.17, 15) is 18.0 Å². The SMILES string of the molecule is CNc1cc(NC2CCC(=O)NC2)nc(C(F)(F)F)n1. The minimum atomic E-state index is -4.61. The number of aromatic nitrogens is 2.